The van der Waals surface area contributed by atoms with Gasteiger partial charge in [-0.2, -0.15) is 0 Å². The van der Waals surface area contributed by atoms with E-state index in [1.54, 1.807) is 12.4 Å². The van der Waals surface area contributed by atoms with Gasteiger partial charge < -0.3 is 15.0 Å². The second-order valence-corrected chi connectivity index (χ2v) is 9.76. The predicted octanol–water partition coefficient (Wildman–Crippen LogP) is 3.97. The van der Waals surface area contributed by atoms with Crippen molar-refractivity contribution in [2.75, 3.05) is 31.2 Å². The Labute approximate surface area is 222 Å². The Morgan fingerprint density at radius 3 is 2.53 bits per heavy atom. The van der Waals surface area contributed by atoms with Gasteiger partial charge in [0.15, 0.2) is 0 Å². The molecule has 0 radical (unpaired) electrons. The lowest BCUT2D eigenvalue weighted by atomic mass is 9.97. The number of hydrogen-bond donors (Lipinski definition) is 1. The zero-order valence-electron chi connectivity index (χ0n) is 21.2. The average Bonchev–Trinajstić information content (AvgIpc) is 3.39. The van der Waals surface area contributed by atoms with Crippen LogP contribution in [0.3, 0.4) is 0 Å². The molecule has 4 aromatic rings. The smallest absolute Gasteiger partial charge is 0.251 e. The lowest BCUT2D eigenvalue weighted by Crippen LogP contribution is -2.37. The minimum atomic E-state index is -0.121. The lowest BCUT2D eigenvalue weighted by Gasteiger charge is -2.28. The molecule has 8 heteroatoms. The van der Waals surface area contributed by atoms with E-state index < -0.39 is 0 Å². The molecular weight excluding hydrogens is 476 g/mol. The summed E-state index contributed by atoms with van der Waals surface area (Å²) in [6.45, 7) is 3.30. The molecule has 1 unspecified atom stereocenters. The Kier molecular flexibility index (Phi) is 7.04. The number of pyridine rings is 2. The normalized spacial score (nSPS) is 16.7. The maximum Gasteiger partial charge on any atom is 0.251 e. The highest BCUT2D eigenvalue weighted by atomic mass is 16.5. The van der Waals surface area contributed by atoms with Crippen molar-refractivity contribution in [3.63, 3.8) is 0 Å². The predicted molar refractivity (Wildman–Crippen MR) is 145 cm³/mol. The van der Waals surface area contributed by atoms with Gasteiger partial charge in [-0.05, 0) is 54.7 Å². The molecule has 1 aromatic carbocycles. The highest BCUT2D eigenvalue weighted by Crippen LogP contribution is 2.40. The third kappa shape index (κ3) is 5.26. The number of ether oxygens (including phenoxy) is 1. The van der Waals surface area contributed by atoms with Crippen LogP contribution in [0, 0.1) is 0 Å². The van der Waals surface area contributed by atoms with Crippen LogP contribution in [0.2, 0.25) is 0 Å². The molecule has 3 aromatic heterocycles. The molecule has 1 atom stereocenters. The number of carbonyl (C=O) groups excluding carboxylic acids is 1. The first-order chi connectivity index (χ1) is 18.7. The molecule has 1 saturated heterocycles. The molecule has 1 aliphatic carbocycles. The largest absolute Gasteiger partial charge is 0.378 e. The molecule has 6 rings (SSSR count). The van der Waals surface area contributed by atoms with Gasteiger partial charge in [-0.3, -0.25) is 14.8 Å². The van der Waals surface area contributed by atoms with Crippen LogP contribution in [-0.2, 0) is 24.1 Å². The van der Waals surface area contributed by atoms with E-state index in [0.29, 0.717) is 31.2 Å². The maximum atomic E-state index is 13.0. The number of morpholine rings is 1. The Morgan fingerprint density at radius 1 is 0.974 bits per heavy atom. The molecule has 1 fully saturated rings. The highest BCUT2D eigenvalue weighted by molar-refractivity contribution is 5.95. The van der Waals surface area contributed by atoms with Gasteiger partial charge in [-0.25, -0.2) is 9.97 Å². The van der Waals surface area contributed by atoms with Crippen LogP contribution in [-0.4, -0.2) is 52.1 Å². The lowest BCUT2D eigenvalue weighted by molar-refractivity contribution is 0.0951. The van der Waals surface area contributed by atoms with E-state index in [1.165, 1.54) is 11.1 Å². The summed E-state index contributed by atoms with van der Waals surface area (Å²) < 4.78 is 5.57. The Morgan fingerprint density at radius 2 is 1.76 bits per heavy atom. The van der Waals surface area contributed by atoms with Crippen LogP contribution in [0.5, 0.6) is 0 Å². The second kappa shape index (κ2) is 11.1. The van der Waals surface area contributed by atoms with E-state index in [-0.39, 0.29) is 5.91 Å². The van der Waals surface area contributed by atoms with Crippen LogP contribution in [0.15, 0.2) is 73.3 Å². The topological polar surface area (TPSA) is 93.1 Å². The summed E-state index contributed by atoms with van der Waals surface area (Å²) in [5, 5.41) is 3.00. The number of carbonyl (C=O) groups is 1. The number of benzene rings is 1. The standard InChI is InChI=1S/C30H30N6O2/c37-29(33-20-22-5-3-11-32-19-22)25-7-1-6-23(17-25)27-26-9-8-24(16-21-4-2-10-31-18-21)28(26)35-30(34-27)36-12-14-38-15-13-36/h1-7,10-11,17-19,24H,8-9,12-16,20H2,(H,33,37). The maximum absolute atomic E-state index is 13.0. The number of aromatic nitrogens is 4. The molecule has 8 nitrogen and oxygen atoms in total. The van der Waals surface area contributed by atoms with Crippen molar-refractivity contribution in [3.05, 3.63) is 101 Å². The van der Waals surface area contributed by atoms with Crippen LogP contribution < -0.4 is 10.2 Å². The number of rotatable bonds is 7. The van der Waals surface area contributed by atoms with E-state index >= 15 is 0 Å². The van der Waals surface area contributed by atoms with Gasteiger partial charge in [0.1, 0.15) is 0 Å². The fourth-order valence-corrected chi connectivity index (χ4v) is 5.27. The van der Waals surface area contributed by atoms with E-state index in [9.17, 15) is 4.79 Å². The molecule has 4 heterocycles. The summed E-state index contributed by atoms with van der Waals surface area (Å²) in [6, 6.07) is 15.7. The zero-order valence-corrected chi connectivity index (χ0v) is 21.2. The fraction of sp³-hybridized carbons (Fsp3) is 0.300. The van der Waals surface area contributed by atoms with Crippen LogP contribution in [0.4, 0.5) is 5.95 Å². The summed E-state index contributed by atoms with van der Waals surface area (Å²) in [6.07, 6.45) is 10.1. The van der Waals surface area contributed by atoms with Gasteiger partial charge in [0.25, 0.3) is 5.91 Å². The third-order valence-electron chi connectivity index (χ3n) is 7.23. The molecular formula is C30H30N6O2. The second-order valence-electron chi connectivity index (χ2n) is 9.76. The molecule has 1 amide bonds. The number of anilines is 1. The van der Waals surface area contributed by atoms with Crippen molar-refractivity contribution < 1.29 is 9.53 Å². The summed E-state index contributed by atoms with van der Waals surface area (Å²) in [7, 11) is 0. The van der Waals surface area contributed by atoms with Gasteiger partial charge >= 0.3 is 0 Å². The van der Waals surface area contributed by atoms with Gasteiger partial charge in [0.2, 0.25) is 5.95 Å². The summed E-state index contributed by atoms with van der Waals surface area (Å²) in [5.41, 5.74) is 6.94. The molecule has 0 saturated carbocycles. The van der Waals surface area contributed by atoms with Crippen LogP contribution in [0.1, 0.15) is 45.1 Å². The van der Waals surface area contributed by atoms with E-state index in [0.717, 1.165) is 60.8 Å². The molecule has 38 heavy (non-hydrogen) atoms. The molecule has 0 spiro atoms. The average molecular weight is 507 g/mol. The Bertz CT molecular complexity index is 1410. The number of fused-ring (bicyclic) bond motifs is 1. The van der Waals surface area contributed by atoms with Crippen molar-refractivity contribution in [2.24, 2.45) is 0 Å². The summed E-state index contributed by atoms with van der Waals surface area (Å²) in [5.74, 6) is 0.928. The number of nitrogens with zero attached hydrogens (tertiary/aromatic N) is 5. The van der Waals surface area contributed by atoms with Crippen molar-refractivity contribution in [1.29, 1.82) is 0 Å². The quantitative estimate of drug-likeness (QED) is 0.405. The zero-order chi connectivity index (χ0) is 25.7. The minimum absolute atomic E-state index is 0.121. The fourth-order valence-electron chi connectivity index (χ4n) is 5.27. The molecule has 1 aliphatic heterocycles. The highest BCUT2D eigenvalue weighted by Gasteiger charge is 2.30. The van der Waals surface area contributed by atoms with Crippen molar-refractivity contribution in [1.82, 2.24) is 25.3 Å². The Hall–Kier alpha value is -4.17. The Balaban J connectivity index is 1.32. The van der Waals surface area contributed by atoms with E-state index in [4.69, 9.17) is 14.7 Å². The van der Waals surface area contributed by atoms with Crippen molar-refractivity contribution in [2.45, 2.75) is 31.7 Å². The van der Waals surface area contributed by atoms with Crippen molar-refractivity contribution >= 4 is 11.9 Å². The molecule has 1 N–H and O–H groups in total. The number of hydrogen-bond acceptors (Lipinski definition) is 7. The van der Waals surface area contributed by atoms with Crippen LogP contribution in [0.25, 0.3) is 11.3 Å². The van der Waals surface area contributed by atoms with Gasteiger partial charge in [0.05, 0.1) is 24.6 Å². The molecule has 2 aliphatic rings. The number of amides is 1. The van der Waals surface area contributed by atoms with Gasteiger partial charge in [-0.15, -0.1) is 0 Å². The van der Waals surface area contributed by atoms with Crippen LogP contribution >= 0.6 is 0 Å². The first-order valence-electron chi connectivity index (χ1n) is 13.1. The monoisotopic (exact) mass is 506 g/mol. The van der Waals surface area contributed by atoms with Gasteiger partial charge in [0, 0.05) is 67.0 Å². The first kappa shape index (κ1) is 24.2. The minimum Gasteiger partial charge on any atom is -0.378 e. The summed E-state index contributed by atoms with van der Waals surface area (Å²) in [4.78, 5) is 33.8. The summed E-state index contributed by atoms with van der Waals surface area (Å²) >= 11 is 0. The first-order valence-corrected chi connectivity index (χ1v) is 13.1. The SMILES string of the molecule is O=C(NCc1cccnc1)c1cccc(-c2nc(N3CCOCC3)nc3c2CCC3Cc2cccnc2)c1. The third-order valence-corrected chi connectivity index (χ3v) is 7.23. The molecule has 0 bridgehead atoms. The van der Waals surface area contributed by atoms with Crippen molar-refractivity contribution in [3.8, 4) is 11.3 Å². The van der Waals surface area contributed by atoms with E-state index in [1.807, 2.05) is 54.9 Å². The van der Waals surface area contributed by atoms with E-state index in [2.05, 4.69) is 26.3 Å². The molecule has 192 valence electrons. The number of nitrogens with one attached hydrogen (secondary N) is 1. The van der Waals surface area contributed by atoms with Gasteiger partial charge in [-0.1, -0.05) is 24.3 Å².